The third-order valence-corrected chi connectivity index (χ3v) is 4.18. The van der Waals surface area contributed by atoms with Gasteiger partial charge in [0.25, 0.3) is 10.1 Å². The Kier molecular flexibility index (Phi) is 4.35. The van der Waals surface area contributed by atoms with Crippen LogP contribution in [0.1, 0.15) is 18.1 Å². The number of halogens is 3. The normalized spacial score (nSPS) is 12.7. The second kappa shape index (κ2) is 5.81. The standard InChI is InChI=1S/C12H11F3N2O5S/c1-2-23(20,21)22-5-6-3-8-9(4-7(6)12(13,14)15)17-11(19)10(18)16-8/h3-4H,2,5H2,1H3,(H,16,18)(H,17,19). The van der Waals surface area contributed by atoms with Gasteiger partial charge in [-0.25, -0.2) is 0 Å². The van der Waals surface area contributed by atoms with Crippen molar-refractivity contribution in [3.63, 3.8) is 0 Å². The Bertz CT molecular complexity index is 959. The highest BCUT2D eigenvalue weighted by molar-refractivity contribution is 7.86. The van der Waals surface area contributed by atoms with Gasteiger partial charge in [0.15, 0.2) is 0 Å². The predicted molar refractivity (Wildman–Crippen MR) is 74.4 cm³/mol. The molecule has 0 radical (unpaired) electrons. The fourth-order valence-electron chi connectivity index (χ4n) is 1.83. The van der Waals surface area contributed by atoms with Crippen molar-refractivity contribution in [1.82, 2.24) is 9.97 Å². The van der Waals surface area contributed by atoms with Crippen LogP contribution in [-0.4, -0.2) is 24.1 Å². The molecule has 0 spiro atoms. The number of hydrogen-bond acceptors (Lipinski definition) is 5. The van der Waals surface area contributed by atoms with E-state index in [0.29, 0.717) is 6.07 Å². The molecule has 0 unspecified atom stereocenters. The summed E-state index contributed by atoms with van der Waals surface area (Å²) in [5, 5.41) is 0. The Labute approximate surface area is 127 Å². The van der Waals surface area contributed by atoms with E-state index in [1.54, 1.807) is 0 Å². The maximum absolute atomic E-state index is 13.1. The van der Waals surface area contributed by atoms with Gasteiger partial charge in [-0.2, -0.15) is 21.6 Å². The van der Waals surface area contributed by atoms with E-state index in [0.717, 1.165) is 6.07 Å². The monoisotopic (exact) mass is 352 g/mol. The molecule has 2 aromatic rings. The zero-order valence-electron chi connectivity index (χ0n) is 11.7. The molecular formula is C12H11F3N2O5S. The van der Waals surface area contributed by atoms with Gasteiger partial charge in [0, 0.05) is 0 Å². The van der Waals surface area contributed by atoms with Crippen molar-refractivity contribution in [2.45, 2.75) is 19.7 Å². The summed E-state index contributed by atoms with van der Waals surface area (Å²) in [5.74, 6) is -0.397. The highest BCUT2D eigenvalue weighted by Crippen LogP contribution is 2.34. The predicted octanol–water partition coefficient (Wildman–Crippen LogP) is 1.10. The smallest absolute Gasteiger partial charge is 0.316 e. The van der Waals surface area contributed by atoms with E-state index in [9.17, 15) is 31.2 Å². The summed E-state index contributed by atoms with van der Waals surface area (Å²) < 4.78 is 66.4. The maximum Gasteiger partial charge on any atom is 0.416 e. The SMILES string of the molecule is CCS(=O)(=O)OCc1cc2[nH]c(=O)c(=O)[nH]c2cc1C(F)(F)F. The Balaban J connectivity index is 2.63. The summed E-state index contributed by atoms with van der Waals surface area (Å²) in [6.45, 7) is 0.435. The van der Waals surface area contributed by atoms with E-state index in [-0.39, 0.29) is 11.0 Å². The van der Waals surface area contributed by atoms with Crippen LogP contribution in [0.5, 0.6) is 0 Å². The van der Waals surface area contributed by atoms with Crippen LogP contribution in [-0.2, 0) is 27.1 Å². The summed E-state index contributed by atoms with van der Waals surface area (Å²) in [4.78, 5) is 26.6. The third-order valence-electron chi connectivity index (χ3n) is 3.00. The Morgan fingerprint density at radius 3 is 2.09 bits per heavy atom. The molecule has 0 aliphatic heterocycles. The van der Waals surface area contributed by atoms with E-state index >= 15 is 0 Å². The first-order valence-electron chi connectivity index (χ1n) is 6.27. The van der Waals surface area contributed by atoms with Crippen molar-refractivity contribution in [2.75, 3.05) is 5.75 Å². The van der Waals surface area contributed by atoms with Gasteiger partial charge >= 0.3 is 17.3 Å². The molecule has 0 aliphatic carbocycles. The van der Waals surface area contributed by atoms with Crippen molar-refractivity contribution in [3.05, 3.63) is 44.0 Å². The lowest BCUT2D eigenvalue weighted by molar-refractivity contribution is -0.138. The van der Waals surface area contributed by atoms with Gasteiger partial charge in [-0.15, -0.1) is 0 Å². The number of alkyl halides is 3. The minimum atomic E-state index is -4.80. The molecule has 1 aromatic carbocycles. The number of aromatic nitrogens is 2. The van der Waals surface area contributed by atoms with Crippen LogP contribution in [0.4, 0.5) is 13.2 Å². The van der Waals surface area contributed by atoms with Crippen molar-refractivity contribution in [2.24, 2.45) is 0 Å². The Morgan fingerprint density at radius 2 is 1.61 bits per heavy atom. The molecule has 126 valence electrons. The molecule has 1 heterocycles. The lowest BCUT2D eigenvalue weighted by Gasteiger charge is -2.14. The number of rotatable bonds is 4. The summed E-state index contributed by atoms with van der Waals surface area (Å²) in [6, 6.07) is 1.53. The van der Waals surface area contributed by atoms with Gasteiger partial charge in [0.1, 0.15) is 0 Å². The van der Waals surface area contributed by atoms with Crippen LogP contribution in [0, 0.1) is 0 Å². The zero-order chi connectivity index (χ0) is 17.4. The lowest BCUT2D eigenvalue weighted by Crippen LogP contribution is -2.29. The maximum atomic E-state index is 13.1. The van der Waals surface area contributed by atoms with Crippen LogP contribution in [0.3, 0.4) is 0 Å². The summed E-state index contributed by atoms with van der Waals surface area (Å²) in [7, 11) is -3.95. The molecule has 0 aliphatic rings. The van der Waals surface area contributed by atoms with E-state index in [2.05, 4.69) is 9.17 Å². The molecule has 11 heteroatoms. The van der Waals surface area contributed by atoms with Gasteiger partial charge < -0.3 is 9.97 Å². The molecule has 0 bridgehead atoms. The number of benzene rings is 1. The first-order valence-corrected chi connectivity index (χ1v) is 7.85. The molecule has 0 fully saturated rings. The average molecular weight is 352 g/mol. The second-order valence-electron chi connectivity index (χ2n) is 4.57. The van der Waals surface area contributed by atoms with Crippen molar-refractivity contribution < 1.29 is 25.8 Å². The summed E-state index contributed by atoms with van der Waals surface area (Å²) in [6.07, 6.45) is -4.80. The molecule has 2 rings (SSSR count). The molecule has 0 saturated carbocycles. The van der Waals surface area contributed by atoms with Crippen molar-refractivity contribution in [1.29, 1.82) is 0 Å². The molecule has 1 aromatic heterocycles. The fraction of sp³-hybridized carbons (Fsp3) is 0.333. The number of fused-ring (bicyclic) bond motifs is 1. The number of aromatic amines is 2. The van der Waals surface area contributed by atoms with Crippen LogP contribution >= 0.6 is 0 Å². The summed E-state index contributed by atoms with van der Waals surface area (Å²) >= 11 is 0. The van der Waals surface area contributed by atoms with Crippen molar-refractivity contribution in [3.8, 4) is 0 Å². The summed E-state index contributed by atoms with van der Waals surface area (Å²) in [5.41, 5.74) is -4.09. The highest BCUT2D eigenvalue weighted by Gasteiger charge is 2.34. The minimum absolute atomic E-state index is 0.0740. The van der Waals surface area contributed by atoms with Crippen molar-refractivity contribution >= 4 is 21.2 Å². The molecule has 2 N–H and O–H groups in total. The topological polar surface area (TPSA) is 109 Å². The first kappa shape index (κ1) is 17.2. The van der Waals surface area contributed by atoms with Gasteiger partial charge in [-0.3, -0.25) is 13.8 Å². The number of hydrogen-bond donors (Lipinski definition) is 2. The fourth-order valence-corrected chi connectivity index (χ4v) is 2.30. The van der Waals surface area contributed by atoms with Crippen LogP contribution in [0.15, 0.2) is 21.7 Å². The molecule has 0 atom stereocenters. The van der Waals surface area contributed by atoms with Gasteiger partial charge in [0.05, 0.1) is 29.0 Å². The van der Waals surface area contributed by atoms with Crippen LogP contribution < -0.4 is 11.1 Å². The van der Waals surface area contributed by atoms with Gasteiger partial charge in [-0.1, -0.05) is 0 Å². The molecule has 0 saturated heterocycles. The van der Waals surface area contributed by atoms with Gasteiger partial charge in [-0.05, 0) is 24.6 Å². The zero-order valence-corrected chi connectivity index (χ0v) is 12.5. The Morgan fingerprint density at radius 1 is 1.09 bits per heavy atom. The van der Waals surface area contributed by atoms with Crippen LogP contribution in [0.25, 0.3) is 11.0 Å². The lowest BCUT2D eigenvalue weighted by atomic mass is 10.1. The van der Waals surface area contributed by atoms with E-state index in [1.807, 2.05) is 4.98 Å². The average Bonchev–Trinajstić information content (AvgIpc) is 2.45. The minimum Gasteiger partial charge on any atom is -0.316 e. The molecule has 23 heavy (non-hydrogen) atoms. The third kappa shape index (κ3) is 3.79. The molecule has 0 amide bonds. The Hall–Kier alpha value is -2.14. The van der Waals surface area contributed by atoms with E-state index < -0.39 is 50.9 Å². The highest BCUT2D eigenvalue weighted by atomic mass is 32.2. The van der Waals surface area contributed by atoms with Crippen LogP contribution in [0.2, 0.25) is 0 Å². The molecular weight excluding hydrogens is 341 g/mol. The number of nitrogens with one attached hydrogen (secondary N) is 2. The van der Waals surface area contributed by atoms with E-state index in [1.165, 1.54) is 6.92 Å². The number of H-pyrrole nitrogens is 2. The quantitative estimate of drug-likeness (QED) is 0.633. The van der Waals surface area contributed by atoms with E-state index in [4.69, 9.17) is 0 Å². The molecule has 7 nitrogen and oxygen atoms in total. The first-order chi connectivity index (χ1) is 10.5. The largest absolute Gasteiger partial charge is 0.416 e. The van der Waals surface area contributed by atoms with Gasteiger partial charge in [0.2, 0.25) is 0 Å². The second-order valence-corrected chi connectivity index (χ2v) is 6.50.